The molecule has 1 aromatic heterocycles. The van der Waals surface area contributed by atoms with Crippen molar-refractivity contribution in [1.29, 1.82) is 0 Å². The predicted molar refractivity (Wildman–Crippen MR) is 120 cm³/mol. The van der Waals surface area contributed by atoms with Crippen molar-refractivity contribution in [3.63, 3.8) is 0 Å². The van der Waals surface area contributed by atoms with Crippen LogP contribution in [0.2, 0.25) is 5.15 Å². The Morgan fingerprint density at radius 1 is 1.20 bits per heavy atom. The van der Waals surface area contributed by atoms with Crippen LogP contribution in [0.5, 0.6) is 0 Å². The lowest BCUT2D eigenvalue weighted by molar-refractivity contribution is -0.137. The molecule has 2 saturated heterocycles. The molecule has 1 amide bonds. The summed E-state index contributed by atoms with van der Waals surface area (Å²) in [5.41, 5.74) is 2.89. The lowest BCUT2D eigenvalue weighted by Crippen LogP contribution is -2.51. The number of likely N-dealkylation sites (tertiary alicyclic amines) is 1. The van der Waals surface area contributed by atoms with E-state index in [9.17, 15) is 4.79 Å². The van der Waals surface area contributed by atoms with Crippen LogP contribution in [0.3, 0.4) is 0 Å². The highest BCUT2D eigenvalue weighted by Gasteiger charge is 2.41. The third-order valence-electron chi connectivity index (χ3n) is 6.51. The van der Waals surface area contributed by atoms with E-state index in [4.69, 9.17) is 16.3 Å². The van der Waals surface area contributed by atoms with E-state index in [1.54, 1.807) is 6.20 Å². The Bertz CT molecular complexity index is 874. The van der Waals surface area contributed by atoms with Gasteiger partial charge in [-0.05, 0) is 81.1 Å². The van der Waals surface area contributed by atoms with Gasteiger partial charge in [-0.3, -0.25) is 4.79 Å². The van der Waals surface area contributed by atoms with Crippen LogP contribution in [0.25, 0.3) is 11.1 Å². The monoisotopic (exact) mass is 427 g/mol. The van der Waals surface area contributed by atoms with E-state index in [1.165, 1.54) is 5.56 Å². The maximum Gasteiger partial charge on any atom is 0.226 e. The highest BCUT2D eigenvalue weighted by Crippen LogP contribution is 2.36. The van der Waals surface area contributed by atoms with Crippen molar-refractivity contribution in [1.82, 2.24) is 15.2 Å². The van der Waals surface area contributed by atoms with Gasteiger partial charge in [0.05, 0.1) is 5.41 Å². The molecule has 4 rings (SSSR count). The van der Waals surface area contributed by atoms with E-state index in [0.29, 0.717) is 18.4 Å². The average Bonchev–Trinajstić information content (AvgIpc) is 2.76. The molecule has 2 fully saturated rings. The molecule has 2 aliphatic heterocycles. The van der Waals surface area contributed by atoms with Crippen LogP contribution >= 0.6 is 11.6 Å². The molecule has 2 aromatic rings. The van der Waals surface area contributed by atoms with Crippen LogP contribution < -0.4 is 5.32 Å². The largest absolute Gasteiger partial charge is 0.381 e. The number of benzene rings is 1. The van der Waals surface area contributed by atoms with Crippen LogP contribution in [-0.4, -0.2) is 55.2 Å². The molecular weight excluding hydrogens is 398 g/mol. The van der Waals surface area contributed by atoms with Gasteiger partial charge >= 0.3 is 0 Å². The highest BCUT2D eigenvalue weighted by atomic mass is 35.5. The summed E-state index contributed by atoms with van der Waals surface area (Å²) in [6.07, 6.45) is 6.01. The Kier molecular flexibility index (Phi) is 6.71. The van der Waals surface area contributed by atoms with E-state index >= 15 is 0 Å². The molecule has 0 spiro atoms. The minimum Gasteiger partial charge on any atom is -0.381 e. The zero-order chi connectivity index (χ0) is 21.0. The summed E-state index contributed by atoms with van der Waals surface area (Å²) in [4.78, 5) is 19.9. The third-order valence-corrected chi connectivity index (χ3v) is 6.72. The van der Waals surface area contributed by atoms with Crippen molar-refractivity contribution in [2.75, 3.05) is 33.4 Å². The number of rotatable bonds is 5. The van der Waals surface area contributed by atoms with Gasteiger partial charge in [-0.25, -0.2) is 4.98 Å². The Morgan fingerprint density at radius 2 is 1.93 bits per heavy atom. The Hall–Kier alpha value is -1.95. The molecule has 2 aliphatic rings. The molecule has 0 saturated carbocycles. The van der Waals surface area contributed by atoms with Crippen molar-refractivity contribution < 1.29 is 9.53 Å². The lowest BCUT2D eigenvalue weighted by atomic mass is 9.74. The molecule has 30 heavy (non-hydrogen) atoms. The van der Waals surface area contributed by atoms with Gasteiger partial charge in [-0.2, -0.15) is 0 Å². The Morgan fingerprint density at radius 3 is 2.67 bits per heavy atom. The van der Waals surface area contributed by atoms with E-state index in [1.807, 2.05) is 12.1 Å². The number of aromatic nitrogens is 1. The van der Waals surface area contributed by atoms with Crippen LogP contribution in [0.1, 0.15) is 31.2 Å². The quantitative estimate of drug-likeness (QED) is 0.734. The number of pyridine rings is 1. The van der Waals surface area contributed by atoms with Crippen LogP contribution in [0.15, 0.2) is 42.6 Å². The molecule has 0 aliphatic carbocycles. The molecule has 1 aromatic carbocycles. The van der Waals surface area contributed by atoms with Gasteiger partial charge in [0.1, 0.15) is 5.15 Å². The zero-order valence-electron chi connectivity index (χ0n) is 17.6. The molecule has 0 bridgehead atoms. The number of nitrogens with zero attached hydrogens (tertiary/aromatic N) is 2. The van der Waals surface area contributed by atoms with Gasteiger partial charge in [0.15, 0.2) is 0 Å². The Labute approximate surface area is 183 Å². The first-order valence-electron chi connectivity index (χ1n) is 10.8. The zero-order valence-corrected chi connectivity index (χ0v) is 18.3. The molecule has 3 heterocycles. The van der Waals surface area contributed by atoms with Crippen molar-refractivity contribution >= 4 is 17.5 Å². The normalized spacial score (nSPS) is 20.1. The third kappa shape index (κ3) is 5.02. The average molecular weight is 428 g/mol. The van der Waals surface area contributed by atoms with Gasteiger partial charge < -0.3 is 15.0 Å². The highest BCUT2D eigenvalue weighted by molar-refractivity contribution is 6.29. The number of hydrogen-bond acceptors (Lipinski definition) is 4. The van der Waals surface area contributed by atoms with E-state index in [-0.39, 0.29) is 11.9 Å². The SMILES string of the molecule is CN1CCC(NC(=O)C2(Cc3cccc(-c4ccnc(Cl)c4)c3)CCOCC2)CC1. The van der Waals surface area contributed by atoms with E-state index in [2.05, 4.69) is 46.5 Å². The van der Waals surface area contributed by atoms with E-state index in [0.717, 1.165) is 56.3 Å². The first-order valence-corrected chi connectivity index (χ1v) is 11.2. The summed E-state index contributed by atoms with van der Waals surface area (Å²) in [7, 11) is 2.14. The second kappa shape index (κ2) is 9.46. The summed E-state index contributed by atoms with van der Waals surface area (Å²) in [6, 6.07) is 12.5. The van der Waals surface area contributed by atoms with Gasteiger partial charge in [-0.1, -0.05) is 35.9 Å². The fourth-order valence-corrected chi connectivity index (χ4v) is 4.75. The number of amides is 1. The van der Waals surface area contributed by atoms with Crippen LogP contribution in [-0.2, 0) is 16.0 Å². The molecule has 6 heteroatoms. The molecule has 160 valence electrons. The molecule has 5 nitrogen and oxygen atoms in total. The maximum atomic E-state index is 13.5. The van der Waals surface area contributed by atoms with Crippen molar-refractivity contribution in [3.8, 4) is 11.1 Å². The minimum absolute atomic E-state index is 0.192. The first kappa shape index (κ1) is 21.3. The molecular formula is C24H30ClN3O2. The van der Waals surface area contributed by atoms with Gasteiger partial charge in [0.25, 0.3) is 0 Å². The fourth-order valence-electron chi connectivity index (χ4n) is 4.57. The van der Waals surface area contributed by atoms with Crippen LogP contribution in [0, 0.1) is 5.41 Å². The second-order valence-corrected chi connectivity index (χ2v) is 9.08. The summed E-state index contributed by atoms with van der Waals surface area (Å²) in [5.74, 6) is 0.192. The predicted octanol–water partition coefficient (Wildman–Crippen LogP) is 3.95. The van der Waals surface area contributed by atoms with Gasteiger partial charge in [0.2, 0.25) is 5.91 Å². The lowest BCUT2D eigenvalue weighted by Gasteiger charge is -2.38. The van der Waals surface area contributed by atoms with Crippen molar-refractivity contribution in [3.05, 3.63) is 53.3 Å². The smallest absolute Gasteiger partial charge is 0.226 e. The summed E-state index contributed by atoms with van der Waals surface area (Å²) in [5, 5.41) is 3.86. The number of ether oxygens (including phenoxy) is 1. The number of carbonyl (C=O) groups excluding carboxylic acids is 1. The summed E-state index contributed by atoms with van der Waals surface area (Å²) in [6.45, 7) is 3.36. The number of hydrogen-bond donors (Lipinski definition) is 1. The fraction of sp³-hybridized carbons (Fsp3) is 0.500. The second-order valence-electron chi connectivity index (χ2n) is 8.69. The molecule has 1 N–H and O–H groups in total. The van der Waals surface area contributed by atoms with Gasteiger partial charge in [0, 0.05) is 25.5 Å². The molecule has 0 atom stereocenters. The topological polar surface area (TPSA) is 54.5 Å². The van der Waals surface area contributed by atoms with Crippen molar-refractivity contribution in [2.24, 2.45) is 5.41 Å². The van der Waals surface area contributed by atoms with Crippen molar-refractivity contribution in [2.45, 2.75) is 38.1 Å². The number of nitrogens with one attached hydrogen (secondary N) is 1. The van der Waals surface area contributed by atoms with Gasteiger partial charge in [-0.15, -0.1) is 0 Å². The first-order chi connectivity index (χ1) is 14.5. The minimum atomic E-state index is -0.407. The Balaban J connectivity index is 1.53. The maximum absolute atomic E-state index is 13.5. The summed E-state index contributed by atoms with van der Waals surface area (Å²) < 4.78 is 5.61. The summed E-state index contributed by atoms with van der Waals surface area (Å²) >= 11 is 6.07. The molecule has 0 radical (unpaired) electrons. The number of piperidine rings is 1. The van der Waals surface area contributed by atoms with E-state index < -0.39 is 5.41 Å². The molecule has 0 unspecified atom stereocenters. The van der Waals surface area contributed by atoms with Crippen LogP contribution in [0.4, 0.5) is 0 Å². The number of halogens is 1. The number of carbonyl (C=O) groups is 1. The standard InChI is InChI=1S/C24H30ClN3O2/c1-28-11-6-21(7-12-28)27-23(29)24(8-13-30-14-9-24)17-18-3-2-4-19(15-18)20-5-10-26-22(25)16-20/h2-5,10,15-16,21H,6-9,11-14,17H2,1H3,(H,27,29).